The maximum Gasteiger partial charge on any atom is 0.305 e. The van der Waals surface area contributed by atoms with Crippen LogP contribution in [0.2, 0.25) is 0 Å². The monoisotopic (exact) mass is 418 g/mol. The van der Waals surface area contributed by atoms with Crippen LogP contribution >= 0.6 is 0 Å². The number of carboxylic acid groups (broad SMARTS) is 1. The van der Waals surface area contributed by atoms with E-state index in [0.717, 1.165) is 44.9 Å². The Bertz CT molecular complexity index is 712. The number of ketones is 1. The van der Waals surface area contributed by atoms with Crippen LogP contribution in [0.1, 0.15) is 78.6 Å². The molecule has 0 aromatic heterocycles. The molecular formula is C25H38O5. The smallest absolute Gasteiger partial charge is 0.305 e. The molecule has 2 unspecified atom stereocenters. The van der Waals surface area contributed by atoms with Gasteiger partial charge in [-0.2, -0.15) is 0 Å². The number of hydrogen-bond acceptors (Lipinski definition) is 4. The number of carbonyl (C=O) groups is 3. The third-order valence-electron chi connectivity index (χ3n) is 9.12. The number of hydrogen-bond donors (Lipinski definition) is 1. The molecule has 0 radical (unpaired) electrons. The zero-order chi connectivity index (χ0) is 22.1. The van der Waals surface area contributed by atoms with Crippen LogP contribution in [0.4, 0.5) is 0 Å². The van der Waals surface area contributed by atoms with E-state index in [9.17, 15) is 19.5 Å². The highest BCUT2D eigenvalue weighted by atomic mass is 16.5. The Kier molecular flexibility index (Phi) is 6.78. The number of methoxy groups -OCH3 is 1. The summed E-state index contributed by atoms with van der Waals surface area (Å²) in [6, 6.07) is 0. The average Bonchev–Trinajstić information content (AvgIpc) is 3.05. The van der Waals surface area contributed by atoms with Crippen molar-refractivity contribution in [3.63, 3.8) is 0 Å². The van der Waals surface area contributed by atoms with E-state index in [1.165, 1.54) is 7.11 Å². The molecule has 1 N–H and O–H groups in total. The van der Waals surface area contributed by atoms with Gasteiger partial charge in [0.2, 0.25) is 0 Å². The Morgan fingerprint density at radius 1 is 1.20 bits per heavy atom. The Balaban J connectivity index is 1.84. The lowest BCUT2D eigenvalue weighted by atomic mass is 9.50. The van der Waals surface area contributed by atoms with Gasteiger partial charge in [-0.15, -0.1) is 0 Å². The zero-order valence-corrected chi connectivity index (χ0v) is 19.0. The van der Waals surface area contributed by atoms with E-state index in [0.29, 0.717) is 24.2 Å². The maximum absolute atomic E-state index is 12.9. The van der Waals surface area contributed by atoms with E-state index in [2.05, 4.69) is 20.8 Å². The van der Waals surface area contributed by atoms with Crippen molar-refractivity contribution in [1.82, 2.24) is 0 Å². The molecule has 0 aromatic carbocycles. The second kappa shape index (κ2) is 8.84. The van der Waals surface area contributed by atoms with Crippen LogP contribution in [0.15, 0.2) is 12.2 Å². The minimum Gasteiger partial charge on any atom is -0.481 e. The van der Waals surface area contributed by atoms with Crippen LogP contribution in [-0.4, -0.2) is 29.9 Å². The molecule has 3 rings (SSSR count). The van der Waals surface area contributed by atoms with Gasteiger partial charge in [-0.1, -0.05) is 26.8 Å². The van der Waals surface area contributed by atoms with Gasteiger partial charge in [-0.05, 0) is 86.0 Å². The molecule has 0 aromatic rings. The van der Waals surface area contributed by atoms with E-state index in [4.69, 9.17) is 4.74 Å². The van der Waals surface area contributed by atoms with Gasteiger partial charge in [-0.25, -0.2) is 0 Å². The summed E-state index contributed by atoms with van der Waals surface area (Å²) in [5, 5.41) is 9.73. The van der Waals surface area contributed by atoms with Gasteiger partial charge in [0, 0.05) is 18.3 Å². The molecule has 0 bridgehead atoms. The van der Waals surface area contributed by atoms with Crippen molar-refractivity contribution in [2.24, 2.45) is 40.4 Å². The molecule has 5 heteroatoms. The maximum atomic E-state index is 12.9. The first-order valence-electron chi connectivity index (χ1n) is 11.6. The predicted molar refractivity (Wildman–Crippen MR) is 115 cm³/mol. The molecule has 3 aliphatic carbocycles. The summed E-state index contributed by atoms with van der Waals surface area (Å²) in [6.07, 6.45) is 10.9. The van der Waals surface area contributed by atoms with Crippen LogP contribution in [0, 0.1) is 40.4 Å². The van der Waals surface area contributed by atoms with Crippen molar-refractivity contribution in [3.8, 4) is 0 Å². The highest BCUT2D eigenvalue weighted by Crippen LogP contribution is 2.64. The second-order valence-corrected chi connectivity index (χ2v) is 10.5. The standard InChI is InChI=1S/C25H38O5/c1-16(8-11-23(29)30-4)18-9-10-19-17(15-22(27)28)20(12-14-24(18,19)2)25(3)13-6-5-7-21(25)26/h5,7,16-20H,6,8-15H2,1-4H3,(H,27,28)/t16-,17+,18-,19+,20?,24-,25?/m1/s1. The van der Waals surface area contributed by atoms with Crippen molar-refractivity contribution in [2.75, 3.05) is 7.11 Å². The molecule has 0 heterocycles. The SMILES string of the molecule is COC(=O)CC[C@@H](C)[C@H]1CC[C@H]2[C@H](CC(=O)O)C(C3(C)CCC=CC3=O)CC[C@]12C. The van der Waals surface area contributed by atoms with Gasteiger partial charge in [0.05, 0.1) is 7.11 Å². The van der Waals surface area contributed by atoms with E-state index in [-0.39, 0.29) is 35.4 Å². The van der Waals surface area contributed by atoms with Gasteiger partial charge >= 0.3 is 11.9 Å². The summed E-state index contributed by atoms with van der Waals surface area (Å²) in [7, 11) is 1.43. The normalized spacial score (nSPS) is 39.4. The molecule has 0 saturated heterocycles. The van der Waals surface area contributed by atoms with E-state index in [1.54, 1.807) is 6.08 Å². The molecule has 2 saturated carbocycles. The van der Waals surface area contributed by atoms with Gasteiger partial charge in [0.25, 0.3) is 0 Å². The first kappa shape index (κ1) is 23.0. The lowest BCUT2D eigenvalue weighted by Gasteiger charge is -2.54. The first-order chi connectivity index (χ1) is 14.1. The molecule has 0 amide bonds. The summed E-state index contributed by atoms with van der Waals surface area (Å²) in [4.78, 5) is 36.4. The molecule has 30 heavy (non-hydrogen) atoms. The summed E-state index contributed by atoms with van der Waals surface area (Å²) < 4.78 is 4.82. The van der Waals surface area contributed by atoms with E-state index >= 15 is 0 Å². The third kappa shape index (κ3) is 4.09. The van der Waals surface area contributed by atoms with Gasteiger partial charge in [0.1, 0.15) is 0 Å². The molecule has 0 aliphatic heterocycles. The molecule has 3 aliphatic rings. The molecule has 0 spiro atoms. The van der Waals surface area contributed by atoms with Gasteiger partial charge < -0.3 is 9.84 Å². The van der Waals surface area contributed by atoms with Crippen molar-refractivity contribution in [3.05, 3.63) is 12.2 Å². The Labute approximate surface area is 180 Å². The van der Waals surface area contributed by atoms with Gasteiger partial charge in [0.15, 0.2) is 5.78 Å². The number of ether oxygens (including phenoxy) is 1. The minimum absolute atomic E-state index is 0.0412. The topological polar surface area (TPSA) is 80.7 Å². The largest absolute Gasteiger partial charge is 0.481 e. The van der Waals surface area contributed by atoms with Gasteiger partial charge in [-0.3, -0.25) is 14.4 Å². The van der Waals surface area contributed by atoms with Crippen molar-refractivity contribution in [2.45, 2.75) is 78.6 Å². The fourth-order valence-corrected chi connectivity index (χ4v) is 7.44. The first-order valence-corrected chi connectivity index (χ1v) is 11.6. The van der Waals surface area contributed by atoms with Crippen LogP contribution in [0.3, 0.4) is 0 Å². The number of fused-ring (bicyclic) bond motifs is 1. The molecular weight excluding hydrogens is 380 g/mol. The van der Waals surface area contributed by atoms with E-state index < -0.39 is 11.4 Å². The summed E-state index contributed by atoms with van der Waals surface area (Å²) in [5.41, 5.74) is -0.360. The Morgan fingerprint density at radius 3 is 2.57 bits per heavy atom. The van der Waals surface area contributed by atoms with Crippen LogP contribution in [0.25, 0.3) is 0 Å². The van der Waals surface area contributed by atoms with Crippen LogP contribution in [-0.2, 0) is 19.1 Å². The van der Waals surface area contributed by atoms with Crippen molar-refractivity contribution >= 4 is 17.7 Å². The highest BCUT2D eigenvalue weighted by molar-refractivity contribution is 5.95. The zero-order valence-electron chi connectivity index (χ0n) is 19.0. The quantitative estimate of drug-likeness (QED) is 0.586. The number of aliphatic carboxylic acids is 1. The van der Waals surface area contributed by atoms with Crippen LogP contribution < -0.4 is 0 Å². The van der Waals surface area contributed by atoms with Crippen molar-refractivity contribution in [1.29, 1.82) is 0 Å². The summed E-state index contributed by atoms with van der Waals surface area (Å²) in [5.74, 6) is 0.653. The third-order valence-corrected chi connectivity index (χ3v) is 9.12. The number of esters is 1. The highest BCUT2D eigenvalue weighted by Gasteiger charge is 2.58. The fourth-order valence-electron chi connectivity index (χ4n) is 7.44. The Hall–Kier alpha value is -1.65. The Morgan fingerprint density at radius 2 is 1.93 bits per heavy atom. The number of carboxylic acids is 1. The minimum atomic E-state index is -0.751. The fraction of sp³-hybridized carbons (Fsp3) is 0.800. The average molecular weight is 419 g/mol. The lowest BCUT2D eigenvalue weighted by molar-refractivity contribution is -0.146. The van der Waals surface area contributed by atoms with E-state index in [1.807, 2.05) is 6.08 Å². The molecule has 7 atom stereocenters. The lowest BCUT2D eigenvalue weighted by Crippen LogP contribution is -2.50. The predicted octanol–water partition coefficient (Wildman–Crippen LogP) is 5.03. The molecule has 5 nitrogen and oxygen atoms in total. The second-order valence-electron chi connectivity index (χ2n) is 10.5. The number of allylic oxidation sites excluding steroid dienone is 2. The van der Waals surface area contributed by atoms with Crippen molar-refractivity contribution < 1.29 is 24.2 Å². The number of rotatable bonds is 7. The number of carbonyl (C=O) groups excluding carboxylic acids is 2. The summed E-state index contributed by atoms with van der Waals surface area (Å²) in [6.45, 7) is 6.66. The van der Waals surface area contributed by atoms with Crippen LogP contribution in [0.5, 0.6) is 0 Å². The summed E-state index contributed by atoms with van der Waals surface area (Å²) >= 11 is 0. The molecule has 2 fully saturated rings. The molecule has 168 valence electrons.